The van der Waals surface area contributed by atoms with Crippen LogP contribution in [0.3, 0.4) is 0 Å². The maximum atomic E-state index is 13.8. The lowest BCUT2D eigenvalue weighted by Crippen LogP contribution is -2.48. The number of carbonyl (C=O) groups excluding carboxylic acids is 1. The Morgan fingerprint density at radius 1 is 1.22 bits per heavy atom. The van der Waals surface area contributed by atoms with Crippen molar-refractivity contribution in [2.24, 2.45) is 11.8 Å². The third-order valence-electron chi connectivity index (χ3n) is 4.19. The second-order valence-electron chi connectivity index (χ2n) is 6.45. The molecular weight excluding hydrogens is 324 g/mol. The average molecular weight is 345 g/mol. The summed E-state index contributed by atoms with van der Waals surface area (Å²) in [5, 5.41) is -1.40. The molecule has 1 aromatic rings. The Labute approximate surface area is 135 Å². The van der Waals surface area contributed by atoms with Crippen molar-refractivity contribution in [1.29, 1.82) is 0 Å². The standard InChI is InChI=1S/C16H21F2NO3S/c1-10-6-11(2)9-19(8-10)16(20)12(3)23(21,22)15-5-4-13(17)7-14(15)18/h4-5,7,10-12H,6,8-9H2,1-3H3. The van der Waals surface area contributed by atoms with Crippen LogP contribution < -0.4 is 0 Å². The first kappa shape index (κ1) is 17.8. The van der Waals surface area contributed by atoms with Crippen molar-refractivity contribution in [2.75, 3.05) is 13.1 Å². The fraction of sp³-hybridized carbons (Fsp3) is 0.562. The molecule has 0 spiro atoms. The molecule has 1 amide bonds. The van der Waals surface area contributed by atoms with Crippen LogP contribution in [-0.2, 0) is 14.6 Å². The molecule has 3 atom stereocenters. The Morgan fingerprint density at radius 3 is 2.30 bits per heavy atom. The largest absolute Gasteiger partial charge is 0.341 e. The summed E-state index contributed by atoms with van der Waals surface area (Å²) in [5.74, 6) is -1.99. The molecule has 1 saturated heterocycles. The molecule has 0 aromatic heterocycles. The van der Waals surface area contributed by atoms with Crippen LogP contribution in [0.25, 0.3) is 0 Å². The summed E-state index contributed by atoms with van der Waals surface area (Å²) in [6.07, 6.45) is 0.984. The van der Waals surface area contributed by atoms with E-state index in [4.69, 9.17) is 0 Å². The molecule has 0 saturated carbocycles. The van der Waals surface area contributed by atoms with Crippen molar-refractivity contribution in [1.82, 2.24) is 4.90 Å². The van der Waals surface area contributed by atoms with Crippen LogP contribution in [0.1, 0.15) is 27.2 Å². The molecule has 0 bridgehead atoms. The van der Waals surface area contributed by atoms with Crippen molar-refractivity contribution in [3.8, 4) is 0 Å². The van der Waals surface area contributed by atoms with Crippen molar-refractivity contribution in [3.63, 3.8) is 0 Å². The molecule has 0 aliphatic carbocycles. The summed E-state index contributed by atoms with van der Waals surface area (Å²) >= 11 is 0. The summed E-state index contributed by atoms with van der Waals surface area (Å²) in [6, 6.07) is 2.25. The first-order valence-corrected chi connectivity index (χ1v) is 9.15. The van der Waals surface area contributed by atoms with Crippen LogP contribution in [-0.4, -0.2) is 37.6 Å². The molecule has 128 valence electrons. The van der Waals surface area contributed by atoms with Gasteiger partial charge in [0, 0.05) is 19.2 Å². The molecule has 0 N–H and O–H groups in total. The van der Waals surface area contributed by atoms with Crippen LogP contribution in [0, 0.1) is 23.5 Å². The molecule has 3 unspecified atom stereocenters. The van der Waals surface area contributed by atoms with Crippen molar-refractivity contribution in [2.45, 2.75) is 37.3 Å². The van der Waals surface area contributed by atoms with Crippen LogP contribution in [0.15, 0.2) is 23.1 Å². The molecule has 23 heavy (non-hydrogen) atoms. The van der Waals surface area contributed by atoms with E-state index in [2.05, 4.69) is 0 Å². The first-order valence-electron chi connectivity index (χ1n) is 7.60. The van der Waals surface area contributed by atoms with E-state index < -0.39 is 37.5 Å². The van der Waals surface area contributed by atoms with Gasteiger partial charge in [0.25, 0.3) is 0 Å². The van der Waals surface area contributed by atoms with E-state index in [9.17, 15) is 22.0 Å². The van der Waals surface area contributed by atoms with E-state index in [1.54, 1.807) is 0 Å². The lowest BCUT2D eigenvalue weighted by atomic mass is 9.92. The van der Waals surface area contributed by atoms with Gasteiger partial charge in [0.05, 0.1) is 0 Å². The first-order chi connectivity index (χ1) is 10.6. The molecule has 7 heteroatoms. The van der Waals surface area contributed by atoms with E-state index in [1.807, 2.05) is 13.8 Å². The van der Waals surface area contributed by atoms with Gasteiger partial charge in [0.1, 0.15) is 21.8 Å². The van der Waals surface area contributed by atoms with Crippen LogP contribution in [0.2, 0.25) is 0 Å². The number of carbonyl (C=O) groups is 1. The van der Waals surface area contributed by atoms with Gasteiger partial charge in [0.15, 0.2) is 9.84 Å². The van der Waals surface area contributed by atoms with Crippen molar-refractivity contribution in [3.05, 3.63) is 29.8 Å². The number of nitrogens with zero attached hydrogens (tertiary/aromatic N) is 1. The van der Waals surface area contributed by atoms with E-state index in [-0.39, 0.29) is 0 Å². The monoisotopic (exact) mass is 345 g/mol. The zero-order chi connectivity index (χ0) is 17.4. The highest BCUT2D eigenvalue weighted by Crippen LogP contribution is 2.25. The third-order valence-corrected chi connectivity index (χ3v) is 6.27. The predicted molar refractivity (Wildman–Crippen MR) is 82.5 cm³/mol. The molecule has 4 nitrogen and oxygen atoms in total. The van der Waals surface area contributed by atoms with Crippen molar-refractivity contribution >= 4 is 15.7 Å². The molecule has 0 radical (unpaired) electrons. The Kier molecular flexibility index (Phi) is 5.08. The highest BCUT2D eigenvalue weighted by Gasteiger charge is 2.36. The minimum atomic E-state index is -4.20. The number of halogens is 2. The van der Waals surface area contributed by atoms with Gasteiger partial charge in [-0.3, -0.25) is 4.79 Å². The van der Waals surface area contributed by atoms with Gasteiger partial charge in [0.2, 0.25) is 5.91 Å². The Hall–Kier alpha value is -1.50. The number of hydrogen-bond donors (Lipinski definition) is 0. The zero-order valence-electron chi connectivity index (χ0n) is 13.4. The number of benzene rings is 1. The number of sulfone groups is 1. The maximum absolute atomic E-state index is 13.8. The SMILES string of the molecule is CC1CC(C)CN(C(=O)C(C)S(=O)(=O)c2ccc(F)cc2F)C1. The minimum absolute atomic E-state index is 0.292. The predicted octanol–water partition coefficient (Wildman–Crippen LogP) is 2.63. The fourth-order valence-electron chi connectivity index (χ4n) is 3.13. The van der Waals surface area contributed by atoms with E-state index in [0.717, 1.165) is 18.6 Å². The van der Waals surface area contributed by atoms with Gasteiger partial charge < -0.3 is 4.90 Å². The van der Waals surface area contributed by atoms with Crippen LogP contribution in [0.5, 0.6) is 0 Å². The summed E-state index contributed by atoms with van der Waals surface area (Å²) in [5.41, 5.74) is 0. The summed E-state index contributed by atoms with van der Waals surface area (Å²) < 4.78 is 51.8. The Bertz CT molecular complexity index is 695. The average Bonchev–Trinajstić information content (AvgIpc) is 2.44. The number of amides is 1. The number of rotatable bonds is 3. The van der Waals surface area contributed by atoms with E-state index >= 15 is 0 Å². The molecule has 2 rings (SSSR count). The maximum Gasteiger partial charge on any atom is 0.241 e. The molecule has 1 aliphatic rings. The highest BCUT2D eigenvalue weighted by molar-refractivity contribution is 7.92. The normalized spacial score (nSPS) is 23.6. The molecule has 1 fully saturated rings. The molecule has 1 heterocycles. The molecule has 1 aliphatic heterocycles. The number of likely N-dealkylation sites (tertiary alicyclic amines) is 1. The molecule has 1 aromatic carbocycles. The van der Waals surface area contributed by atoms with Gasteiger partial charge in [-0.15, -0.1) is 0 Å². The van der Waals surface area contributed by atoms with E-state index in [1.165, 1.54) is 11.8 Å². The fourth-order valence-corrected chi connectivity index (χ4v) is 4.51. The van der Waals surface area contributed by atoms with Gasteiger partial charge in [-0.2, -0.15) is 0 Å². The molecular formula is C16H21F2NO3S. The third kappa shape index (κ3) is 3.71. The summed E-state index contributed by atoms with van der Waals surface area (Å²) in [7, 11) is -4.20. The Morgan fingerprint density at radius 2 is 1.78 bits per heavy atom. The highest BCUT2D eigenvalue weighted by atomic mass is 32.2. The van der Waals surface area contributed by atoms with E-state index in [0.29, 0.717) is 31.0 Å². The van der Waals surface area contributed by atoms with Crippen LogP contribution >= 0.6 is 0 Å². The zero-order valence-corrected chi connectivity index (χ0v) is 14.2. The van der Waals surface area contributed by atoms with Gasteiger partial charge in [-0.05, 0) is 37.3 Å². The van der Waals surface area contributed by atoms with Gasteiger partial charge in [-0.1, -0.05) is 13.8 Å². The lowest BCUT2D eigenvalue weighted by Gasteiger charge is -2.36. The summed E-state index contributed by atoms with van der Waals surface area (Å²) in [4.78, 5) is 13.4. The Balaban J connectivity index is 2.27. The number of piperidine rings is 1. The quantitative estimate of drug-likeness (QED) is 0.792. The summed E-state index contributed by atoms with van der Waals surface area (Å²) in [6.45, 7) is 6.26. The lowest BCUT2D eigenvalue weighted by molar-refractivity contribution is -0.133. The second kappa shape index (κ2) is 6.55. The second-order valence-corrected chi connectivity index (χ2v) is 8.69. The topological polar surface area (TPSA) is 54.5 Å². The minimum Gasteiger partial charge on any atom is -0.341 e. The van der Waals surface area contributed by atoms with Gasteiger partial charge >= 0.3 is 0 Å². The number of hydrogen-bond acceptors (Lipinski definition) is 3. The van der Waals surface area contributed by atoms with Crippen LogP contribution in [0.4, 0.5) is 8.78 Å². The van der Waals surface area contributed by atoms with Crippen molar-refractivity contribution < 1.29 is 22.0 Å². The smallest absolute Gasteiger partial charge is 0.241 e. The van der Waals surface area contributed by atoms with Gasteiger partial charge in [-0.25, -0.2) is 17.2 Å².